The Kier molecular flexibility index (Phi) is 9.30. The minimum atomic E-state index is 0.140. The van der Waals surface area contributed by atoms with Crippen molar-refractivity contribution in [2.45, 2.75) is 65.3 Å². The highest BCUT2D eigenvalue weighted by molar-refractivity contribution is 5.76. The van der Waals surface area contributed by atoms with E-state index in [0.29, 0.717) is 19.0 Å². The summed E-state index contributed by atoms with van der Waals surface area (Å²) in [6.07, 6.45) is 6.68. The lowest BCUT2D eigenvalue weighted by Crippen LogP contribution is -2.34. The highest BCUT2D eigenvalue weighted by Gasteiger charge is 2.10. The van der Waals surface area contributed by atoms with E-state index in [-0.39, 0.29) is 11.8 Å². The van der Waals surface area contributed by atoms with Crippen LogP contribution in [-0.4, -0.2) is 18.5 Å². The Labute approximate surface area is 100 Å². The molecule has 0 aliphatic carbocycles. The fourth-order valence-electron chi connectivity index (χ4n) is 1.68. The molecule has 3 nitrogen and oxygen atoms in total. The number of unbranched alkanes of at least 4 members (excludes halogenated alkanes) is 3. The Morgan fingerprint density at radius 3 is 2.50 bits per heavy atom. The van der Waals surface area contributed by atoms with E-state index in [4.69, 9.17) is 5.73 Å². The number of hydrogen-bond acceptors (Lipinski definition) is 2. The van der Waals surface area contributed by atoms with Crippen molar-refractivity contribution < 1.29 is 4.79 Å². The molecule has 0 aliphatic rings. The van der Waals surface area contributed by atoms with Gasteiger partial charge in [-0.2, -0.15) is 0 Å². The van der Waals surface area contributed by atoms with Gasteiger partial charge >= 0.3 is 0 Å². The highest BCUT2D eigenvalue weighted by atomic mass is 16.1. The molecule has 0 rings (SSSR count). The second kappa shape index (κ2) is 9.64. The fraction of sp³-hybridized carbons (Fsp3) is 0.923. The molecule has 0 bridgehead atoms. The smallest absolute Gasteiger partial charge is 0.220 e. The zero-order chi connectivity index (χ0) is 12.4. The zero-order valence-corrected chi connectivity index (χ0v) is 11.1. The Balaban J connectivity index is 3.54. The van der Waals surface area contributed by atoms with Crippen molar-refractivity contribution in [2.24, 2.45) is 11.7 Å². The van der Waals surface area contributed by atoms with Gasteiger partial charge in [-0.1, -0.05) is 39.5 Å². The summed E-state index contributed by atoms with van der Waals surface area (Å²) in [5.74, 6) is 0.424. The Hall–Kier alpha value is -0.570. The first-order valence-electron chi connectivity index (χ1n) is 6.59. The number of nitrogens with two attached hydrogens (primary N) is 1. The summed E-state index contributed by atoms with van der Waals surface area (Å²) >= 11 is 0. The summed E-state index contributed by atoms with van der Waals surface area (Å²) in [7, 11) is 0. The third-order valence-corrected chi connectivity index (χ3v) is 2.83. The molecule has 0 saturated heterocycles. The van der Waals surface area contributed by atoms with E-state index in [1.165, 1.54) is 25.7 Å². The molecule has 0 spiro atoms. The molecule has 0 heterocycles. The Morgan fingerprint density at radius 1 is 1.25 bits per heavy atom. The normalized spacial score (nSPS) is 14.5. The Morgan fingerprint density at radius 2 is 1.94 bits per heavy atom. The second-order valence-corrected chi connectivity index (χ2v) is 4.86. The third-order valence-electron chi connectivity index (χ3n) is 2.83. The maximum Gasteiger partial charge on any atom is 0.220 e. The summed E-state index contributed by atoms with van der Waals surface area (Å²) in [5.41, 5.74) is 5.48. The average molecular weight is 228 g/mol. The van der Waals surface area contributed by atoms with Crippen molar-refractivity contribution in [2.75, 3.05) is 6.54 Å². The van der Waals surface area contributed by atoms with Gasteiger partial charge in [0.1, 0.15) is 0 Å². The van der Waals surface area contributed by atoms with E-state index in [9.17, 15) is 4.79 Å². The second-order valence-electron chi connectivity index (χ2n) is 4.86. The lowest BCUT2D eigenvalue weighted by atomic mass is 10.1. The molecule has 0 fully saturated rings. The number of carbonyl (C=O) groups excluding carboxylic acids is 1. The predicted octanol–water partition coefficient (Wildman–Crippen LogP) is 2.45. The van der Waals surface area contributed by atoms with Crippen LogP contribution in [0.2, 0.25) is 0 Å². The van der Waals surface area contributed by atoms with Gasteiger partial charge in [-0.3, -0.25) is 4.79 Å². The van der Waals surface area contributed by atoms with Crippen molar-refractivity contribution >= 4 is 5.91 Å². The molecule has 0 aliphatic heterocycles. The van der Waals surface area contributed by atoms with Crippen LogP contribution in [0.5, 0.6) is 0 Å². The van der Waals surface area contributed by atoms with Crippen molar-refractivity contribution in [1.82, 2.24) is 5.32 Å². The lowest BCUT2D eigenvalue weighted by Gasteiger charge is -2.15. The van der Waals surface area contributed by atoms with Crippen molar-refractivity contribution in [3.63, 3.8) is 0 Å². The van der Waals surface area contributed by atoms with Gasteiger partial charge in [-0.15, -0.1) is 0 Å². The van der Waals surface area contributed by atoms with Gasteiger partial charge in [0, 0.05) is 12.5 Å². The standard InChI is InChI=1S/C13H28N2O/c1-4-5-6-7-8-12(3)15-13(16)9-11(2)10-14/h11-12H,4-10,14H2,1-3H3,(H,15,16). The average Bonchev–Trinajstić information content (AvgIpc) is 2.24. The van der Waals surface area contributed by atoms with Gasteiger partial charge in [0.15, 0.2) is 0 Å². The van der Waals surface area contributed by atoms with Gasteiger partial charge in [-0.05, 0) is 25.8 Å². The molecular formula is C13H28N2O. The summed E-state index contributed by atoms with van der Waals surface area (Å²) < 4.78 is 0. The number of hydrogen-bond donors (Lipinski definition) is 2. The summed E-state index contributed by atoms with van der Waals surface area (Å²) in [6.45, 7) is 6.88. The molecule has 3 heteroatoms. The quantitative estimate of drug-likeness (QED) is 0.596. The van der Waals surface area contributed by atoms with Crippen molar-refractivity contribution in [1.29, 1.82) is 0 Å². The molecule has 0 radical (unpaired) electrons. The van der Waals surface area contributed by atoms with Crippen LogP contribution in [0.25, 0.3) is 0 Å². The molecule has 0 aromatic rings. The minimum Gasteiger partial charge on any atom is -0.354 e. The Bertz CT molecular complexity index is 183. The molecule has 1 amide bonds. The van der Waals surface area contributed by atoms with E-state index >= 15 is 0 Å². The lowest BCUT2D eigenvalue weighted by molar-refractivity contribution is -0.122. The topological polar surface area (TPSA) is 55.1 Å². The predicted molar refractivity (Wildman–Crippen MR) is 69.2 cm³/mol. The van der Waals surface area contributed by atoms with Gasteiger partial charge in [-0.25, -0.2) is 0 Å². The molecule has 2 atom stereocenters. The van der Waals surface area contributed by atoms with E-state index < -0.39 is 0 Å². The SMILES string of the molecule is CCCCCCC(C)NC(=O)CC(C)CN. The monoisotopic (exact) mass is 228 g/mol. The van der Waals surface area contributed by atoms with Gasteiger partial charge in [0.2, 0.25) is 5.91 Å². The largest absolute Gasteiger partial charge is 0.354 e. The van der Waals surface area contributed by atoms with Crippen LogP contribution in [-0.2, 0) is 4.79 Å². The molecule has 0 aromatic heterocycles. The third kappa shape index (κ3) is 8.72. The first-order valence-corrected chi connectivity index (χ1v) is 6.59. The molecule has 96 valence electrons. The molecular weight excluding hydrogens is 200 g/mol. The van der Waals surface area contributed by atoms with E-state index in [1.807, 2.05) is 6.92 Å². The molecule has 3 N–H and O–H groups in total. The van der Waals surface area contributed by atoms with Crippen LogP contribution in [0.3, 0.4) is 0 Å². The minimum absolute atomic E-state index is 0.140. The number of amides is 1. The number of nitrogens with one attached hydrogen (secondary N) is 1. The number of carbonyl (C=O) groups is 1. The summed E-state index contributed by atoms with van der Waals surface area (Å²) in [5, 5.41) is 3.03. The summed E-state index contributed by atoms with van der Waals surface area (Å²) in [6, 6.07) is 0.300. The molecule has 16 heavy (non-hydrogen) atoms. The van der Waals surface area contributed by atoms with Gasteiger partial charge < -0.3 is 11.1 Å². The highest BCUT2D eigenvalue weighted by Crippen LogP contribution is 2.06. The van der Waals surface area contributed by atoms with Crippen LogP contribution in [0.15, 0.2) is 0 Å². The van der Waals surface area contributed by atoms with Crippen molar-refractivity contribution in [3.05, 3.63) is 0 Å². The molecule has 2 unspecified atom stereocenters. The maximum absolute atomic E-state index is 11.5. The maximum atomic E-state index is 11.5. The molecule has 0 aromatic carbocycles. The van der Waals surface area contributed by atoms with Crippen LogP contribution >= 0.6 is 0 Å². The van der Waals surface area contributed by atoms with E-state index in [0.717, 1.165) is 6.42 Å². The number of rotatable bonds is 9. The van der Waals surface area contributed by atoms with Crippen LogP contribution in [0.1, 0.15) is 59.3 Å². The van der Waals surface area contributed by atoms with E-state index in [1.54, 1.807) is 0 Å². The zero-order valence-electron chi connectivity index (χ0n) is 11.1. The van der Waals surface area contributed by atoms with Gasteiger partial charge in [0.05, 0.1) is 0 Å². The first-order chi connectivity index (χ1) is 7.60. The molecule has 0 saturated carbocycles. The van der Waals surface area contributed by atoms with Crippen LogP contribution in [0, 0.1) is 5.92 Å². The van der Waals surface area contributed by atoms with Crippen LogP contribution in [0.4, 0.5) is 0 Å². The van der Waals surface area contributed by atoms with Crippen molar-refractivity contribution in [3.8, 4) is 0 Å². The van der Waals surface area contributed by atoms with E-state index in [2.05, 4.69) is 19.2 Å². The van der Waals surface area contributed by atoms with Crippen LogP contribution < -0.4 is 11.1 Å². The fourth-order valence-corrected chi connectivity index (χ4v) is 1.68. The van der Waals surface area contributed by atoms with Gasteiger partial charge in [0.25, 0.3) is 0 Å². The summed E-state index contributed by atoms with van der Waals surface area (Å²) in [4.78, 5) is 11.5. The first kappa shape index (κ1) is 15.4.